The number of aldehydes is 1. The molecular weight excluding hydrogens is 315 g/mol. The maximum absolute atomic E-state index is 10.7. The van der Waals surface area contributed by atoms with Crippen LogP contribution in [0, 0.1) is 3.57 Å². The van der Waals surface area contributed by atoms with Gasteiger partial charge in [0.25, 0.3) is 0 Å². The number of fused-ring (bicyclic) bond motifs is 1. The molecule has 2 rings (SSSR count). The summed E-state index contributed by atoms with van der Waals surface area (Å²) in [7, 11) is 0. The summed E-state index contributed by atoms with van der Waals surface area (Å²) in [4.78, 5) is 11.6. The average molecular weight is 320 g/mol. The summed E-state index contributed by atoms with van der Waals surface area (Å²) in [6.07, 6.45) is 0.888. The molecule has 0 N–H and O–H groups in total. The van der Waals surface area contributed by atoms with Gasteiger partial charge in [-0.15, -0.1) is 24.0 Å². The first-order valence-corrected chi connectivity index (χ1v) is 5.98. The minimum atomic E-state index is 0.753. The van der Waals surface area contributed by atoms with E-state index >= 15 is 0 Å². The molecule has 0 fully saturated rings. The lowest BCUT2D eigenvalue weighted by molar-refractivity contribution is 0.112. The van der Waals surface area contributed by atoms with Crippen LogP contribution in [0.15, 0.2) is 22.4 Å². The predicted molar refractivity (Wildman–Crippen MR) is 67.2 cm³/mol. The fourth-order valence-electron chi connectivity index (χ4n) is 1.16. The van der Waals surface area contributed by atoms with Gasteiger partial charge >= 0.3 is 0 Å². The number of rotatable bonds is 1. The molecule has 1 heterocycles. The SMILES string of the molecule is O=Cc1ccc2c(S)csc2c1I. The standard InChI is InChI=1S/C9H5IOS2/c10-8-5(3-11)1-2-6-7(12)4-13-9(6)8/h1-4,12H. The van der Waals surface area contributed by atoms with Crippen molar-refractivity contribution in [1.29, 1.82) is 0 Å². The highest BCUT2D eigenvalue weighted by atomic mass is 127. The minimum absolute atomic E-state index is 0.753. The topological polar surface area (TPSA) is 17.1 Å². The maximum atomic E-state index is 10.7. The van der Waals surface area contributed by atoms with Gasteiger partial charge in [0.2, 0.25) is 0 Å². The van der Waals surface area contributed by atoms with E-state index in [1.807, 2.05) is 17.5 Å². The zero-order valence-corrected chi connectivity index (χ0v) is 10.3. The van der Waals surface area contributed by atoms with Gasteiger partial charge in [0.15, 0.2) is 6.29 Å². The number of hydrogen-bond donors (Lipinski definition) is 1. The first-order chi connectivity index (χ1) is 6.24. The van der Waals surface area contributed by atoms with Crippen LogP contribution >= 0.6 is 46.6 Å². The molecule has 0 saturated carbocycles. The number of halogens is 1. The fraction of sp³-hybridized carbons (Fsp3) is 0. The van der Waals surface area contributed by atoms with Crippen LogP contribution in [-0.4, -0.2) is 6.29 Å². The zero-order valence-electron chi connectivity index (χ0n) is 6.45. The molecule has 0 spiro atoms. The van der Waals surface area contributed by atoms with Crippen LogP contribution in [0.2, 0.25) is 0 Å². The first-order valence-electron chi connectivity index (χ1n) is 3.58. The lowest BCUT2D eigenvalue weighted by atomic mass is 10.2. The second-order valence-electron chi connectivity index (χ2n) is 2.58. The molecule has 1 aromatic carbocycles. The molecule has 66 valence electrons. The molecule has 0 amide bonds. The number of thiol groups is 1. The zero-order chi connectivity index (χ0) is 9.42. The molecule has 1 nitrogen and oxygen atoms in total. The fourth-order valence-corrected chi connectivity index (χ4v) is 3.44. The average Bonchev–Trinajstić information content (AvgIpc) is 2.50. The van der Waals surface area contributed by atoms with Crippen LogP contribution in [0.25, 0.3) is 10.1 Å². The van der Waals surface area contributed by atoms with E-state index in [4.69, 9.17) is 0 Å². The second-order valence-corrected chi connectivity index (χ2v) is 5.02. The third-order valence-corrected chi connectivity index (χ3v) is 4.90. The quantitative estimate of drug-likeness (QED) is 0.483. The molecule has 0 bridgehead atoms. The molecule has 13 heavy (non-hydrogen) atoms. The maximum Gasteiger partial charge on any atom is 0.151 e. The van der Waals surface area contributed by atoms with Crippen molar-refractivity contribution in [3.05, 3.63) is 26.6 Å². The Hall–Kier alpha value is -0.0700. The summed E-state index contributed by atoms with van der Waals surface area (Å²) in [5.41, 5.74) is 0.753. The Kier molecular flexibility index (Phi) is 2.62. The molecule has 0 atom stereocenters. The summed E-state index contributed by atoms with van der Waals surface area (Å²) >= 11 is 8.16. The monoisotopic (exact) mass is 320 g/mol. The number of benzene rings is 1. The Morgan fingerprint density at radius 1 is 1.46 bits per heavy atom. The van der Waals surface area contributed by atoms with E-state index in [-0.39, 0.29) is 0 Å². The van der Waals surface area contributed by atoms with Crippen LogP contribution < -0.4 is 0 Å². The summed E-state index contributed by atoms with van der Waals surface area (Å²) in [5.74, 6) is 0. The number of carbonyl (C=O) groups excluding carboxylic acids is 1. The van der Waals surface area contributed by atoms with Crippen molar-refractivity contribution in [2.24, 2.45) is 0 Å². The molecule has 0 aliphatic rings. The largest absolute Gasteiger partial charge is 0.298 e. The molecule has 4 heteroatoms. The highest BCUT2D eigenvalue weighted by molar-refractivity contribution is 14.1. The van der Waals surface area contributed by atoms with Gasteiger partial charge < -0.3 is 0 Å². The van der Waals surface area contributed by atoms with E-state index in [0.29, 0.717) is 0 Å². The number of carbonyl (C=O) groups is 1. The van der Waals surface area contributed by atoms with E-state index in [1.54, 1.807) is 11.3 Å². The molecule has 1 aromatic heterocycles. The van der Waals surface area contributed by atoms with Gasteiger partial charge in [-0.2, -0.15) is 0 Å². The third kappa shape index (κ3) is 1.51. The van der Waals surface area contributed by atoms with E-state index in [2.05, 4.69) is 35.2 Å². The van der Waals surface area contributed by atoms with Crippen molar-refractivity contribution in [2.45, 2.75) is 4.90 Å². The van der Waals surface area contributed by atoms with Gasteiger partial charge in [-0.05, 0) is 28.7 Å². The molecular formula is C9H5IOS2. The summed E-state index contributed by atoms with van der Waals surface area (Å²) in [6, 6.07) is 3.78. The Labute approximate surface area is 98.7 Å². The van der Waals surface area contributed by atoms with Crippen LogP contribution in [-0.2, 0) is 0 Å². The summed E-state index contributed by atoms with van der Waals surface area (Å²) in [6.45, 7) is 0. The molecule has 0 aliphatic heterocycles. The highest BCUT2D eigenvalue weighted by Crippen LogP contribution is 2.33. The van der Waals surface area contributed by atoms with Crippen LogP contribution in [0.4, 0.5) is 0 Å². The molecule has 2 aromatic rings. The second kappa shape index (κ2) is 3.59. The van der Waals surface area contributed by atoms with Crippen molar-refractivity contribution < 1.29 is 4.79 Å². The molecule has 0 radical (unpaired) electrons. The van der Waals surface area contributed by atoms with Crippen LogP contribution in [0.1, 0.15) is 10.4 Å². The smallest absolute Gasteiger partial charge is 0.151 e. The van der Waals surface area contributed by atoms with Gasteiger partial charge in [0, 0.05) is 29.5 Å². The first kappa shape index (κ1) is 9.48. The van der Waals surface area contributed by atoms with Gasteiger partial charge in [0.05, 0.1) is 0 Å². The highest BCUT2D eigenvalue weighted by Gasteiger charge is 2.07. The molecule has 0 aliphatic carbocycles. The van der Waals surface area contributed by atoms with Crippen molar-refractivity contribution in [3.63, 3.8) is 0 Å². The van der Waals surface area contributed by atoms with Crippen molar-refractivity contribution in [2.75, 3.05) is 0 Å². The Balaban J connectivity index is 2.87. The van der Waals surface area contributed by atoms with Gasteiger partial charge in [0.1, 0.15) is 0 Å². The predicted octanol–water partition coefficient (Wildman–Crippen LogP) is 3.61. The van der Waals surface area contributed by atoms with Crippen LogP contribution in [0.5, 0.6) is 0 Å². The Bertz CT molecular complexity index is 476. The van der Waals surface area contributed by atoms with E-state index in [1.165, 1.54) is 0 Å². The van der Waals surface area contributed by atoms with Crippen molar-refractivity contribution in [3.8, 4) is 0 Å². The lowest BCUT2D eigenvalue weighted by Gasteiger charge is -1.97. The van der Waals surface area contributed by atoms with Crippen LogP contribution in [0.3, 0.4) is 0 Å². The summed E-state index contributed by atoms with van der Waals surface area (Å²) in [5, 5.41) is 3.12. The third-order valence-electron chi connectivity index (χ3n) is 1.82. The number of hydrogen-bond acceptors (Lipinski definition) is 3. The lowest BCUT2D eigenvalue weighted by Crippen LogP contribution is -1.84. The van der Waals surface area contributed by atoms with Crippen molar-refractivity contribution >= 4 is 62.9 Å². The Morgan fingerprint density at radius 2 is 2.23 bits per heavy atom. The Morgan fingerprint density at radius 3 is 2.92 bits per heavy atom. The van der Waals surface area contributed by atoms with Gasteiger partial charge in [-0.1, -0.05) is 6.07 Å². The molecule has 0 unspecified atom stereocenters. The van der Waals surface area contributed by atoms with E-state index in [9.17, 15) is 4.79 Å². The summed E-state index contributed by atoms with van der Waals surface area (Å²) < 4.78 is 2.17. The van der Waals surface area contributed by atoms with Gasteiger partial charge in [-0.3, -0.25) is 4.79 Å². The van der Waals surface area contributed by atoms with E-state index in [0.717, 1.165) is 30.4 Å². The van der Waals surface area contributed by atoms with E-state index < -0.39 is 0 Å². The van der Waals surface area contributed by atoms with Crippen molar-refractivity contribution in [1.82, 2.24) is 0 Å². The normalized spacial score (nSPS) is 10.6. The van der Waals surface area contributed by atoms with Gasteiger partial charge in [-0.25, -0.2) is 0 Å². The number of thiophene rings is 1. The molecule has 0 saturated heterocycles. The minimum Gasteiger partial charge on any atom is -0.298 e.